The zero-order chi connectivity index (χ0) is 37.2. The minimum absolute atomic E-state index is 0.0863. The first kappa shape index (κ1) is 38.1. The fraction of sp³-hybridized carbons (Fsp3) is 0.125. The fourth-order valence-electron chi connectivity index (χ4n) is 4.79. The van der Waals surface area contributed by atoms with Gasteiger partial charge >= 0.3 is 0 Å². The van der Waals surface area contributed by atoms with Gasteiger partial charge in [0.1, 0.15) is 9.79 Å². The second-order valence-corrected chi connectivity index (χ2v) is 18.4. The number of carbonyl (C=O) groups is 2. The molecule has 4 N–H and O–H groups in total. The Morgan fingerprint density at radius 3 is 1.16 bits per heavy atom. The Balaban J connectivity index is 1.62. The van der Waals surface area contributed by atoms with Crippen molar-refractivity contribution < 1.29 is 52.4 Å². The van der Waals surface area contributed by atoms with Crippen LogP contribution in [0.1, 0.15) is 43.0 Å². The van der Waals surface area contributed by atoms with Gasteiger partial charge in [-0.2, -0.15) is 16.8 Å². The molecule has 0 aliphatic rings. The lowest BCUT2D eigenvalue weighted by Gasteiger charge is -2.16. The highest BCUT2D eigenvalue weighted by atomic mass is 32.2. The summed E-state index contributed by atoms with van der Waals surface area (Å²) in [4.78, 5) is 24.1. The number of hydrogen-bond donors (Lipinski definition) is 4. The van der Waals surface area contributed by atoms with E-state index in [-0.39, 0.29) is 50.7 Å². The van der Waals surface area contributed by atoms with E-state index in [2.05, 4.69) is 17.2 Å². The van der Waals surface area contributed by atoms with E-state index in [0.717, 1.165) is 36.8 Å². The van der Waals surface area contributed by atoms with Gasteiger partial charge in [-0.15, -0.1) is 0 Å². The predicted octanol–water partition coefficient (Wildman–Crippen LogP) is 3.84. The van der Waals surface area contributed by atoms with E-state index in [9.17, 15) is 52.4 Å². The molecule has 0 aromatic heterocycles. The maximum atomic E-state index is 12.8. The zero-order valence-electron chi connectivity index (χ0n) is 26.3. The minimum atomic E-state index is -5.02. The molecule has 2 amide bonds. The van der Waals surface area contributed by atoms with Gasteiger partial charge in [0.25, 0.3) is 32.1 Å². The first-order valence-electron chi connectivity index (χ1n) is 14.1. The lowest BCUT2D eigenvalue weighted by molar-refractivity contribution is 0.101. The number of nitrogens with one attached hydrogen (secondary N) is 2. The maximum Gasteiger partial charge on any atom is 0.295 e. The van der Waals surface area contributed by atoms with Crippen molar-refractivity contribution in [2.24, 2.45) is 0 Å². The zero-order valence-corrected chi connectivity index (χ0v) is 29.6. The highest BCUT2D eigenvalue weighted by molar-refractivity contribution is 7.90. The van der Waals surface area contributed by atoms with E-state index >= 15 is 0 Å². The Morgan fingerprint density at radius 2 is 0.880 bits per heavy atom. The summed E-state index contributed by atoms with van der Waals surface area (Å²) in [5.74, 6) is -1.86. The first-order valence-corrected chi connectivity index (χ1v) is 21.1. The molecule has 4 aromatic rings. The van der Waals surface area contributed by atoms with E-state index < -0.39 is 61.5 Å². The Hall–Kier alpha value is -4.72. The molecule has 264 valence electrons. The Kier molecular flexibility index (Phi) is 10.9. The number of benzene rings is 4. The van der Waals surface area contributed by atoms with Gasteiger partial charge in [0.05, 0.1) is 11.5 Å². The molecule has 0 fully saturated rings. The molecule has 0 radical (unpaired) electrons. The summed E-state index contributed by atoms with van der Waals surface area (Å²) in [5, 5.41) is 4.93. The van der Waals surface area contributed by atoms with Crippen molar-refractivity contribution in [1.29, 1.82) is 0 Å². The van der Waals surface area contributed by atoms with Crippen LogP contribution in [0.15, 0.2) is 101 Å². The molecule has 0 aliphatic carbocycles. The van der Waals surface area contributed by atoms with Crippen LogP contribution in [0.4, 0.5) is 11.4 Å². The van der Waals surface area contributed by atoms with Crippen LogP contribution in [0.2, 0.25) is 0 Å². The average Bonchev–Trinajstić information content (AvgIpc) is 2.99. The van der Waals surface area contributed by atoms with Crippen molar-refractivity contribution in [3.8, 4) is 0 Å². The van der Waals surface area contributed by atoms with Crippen molar-refractivity contribution in [1.82, 2.24) is 0 Å². The van der Waals surface area contributed by atoms with E-state index in [4.69, 9.17) is 0 Å². The van der Waals surface area contributed by atoms with Crippen molar-refractivity contribution in [3.63, 3.8) is 0 Å². The topological polar surface area (TPSA) is 235 Å². The van der Waals surface area contributed by atoms with Gasteiger partial charge in [0.15, 0.2) is 19.7 Å². The minimum Gasteiger partial charge on any atom is -0.322 e. The van der Waals surface area contributed by atoms with Crippen molar-refractivity contribution in [3.05, 3.63) is 125 Å². The summed E-state index contributed by atoms with van der Waals surface area (Å²) < 4.78 is 116. The average molecular weight is 763 g/mol. The van der Waals surface area contributed by atoms with Gasteiger partial charge in [-0.05, 0) is 65.2 Å². The molecule has 0 aliphatic heterocycles. The van der Waals surface area contributed by atoms with E-state index in [0.29, 0.717) is 11.1 Å². The number of carbonyl (C=O) groups excluding carboxylic acids is 2. The number of sulfone groups is 2. The number of amides is 2. The fourth-order valence-corrected chi connectivity index (χ4v) is 7.87. The van der Waals surface area contributed by atoms with Crippen LogP contribution in [0.3, 0.4) is 0 Å². The summed E-state index contributed by atoms with van der Waals surface area (Å²) >= 11 is 0. The highest BCUT2D eigenvalue weighted by Crippen LogP contribution is 2.34. The quantitative estimate of drug-likeness (QED) is 0.151. The Labute approximate surface area is 289 Å². The van der Waals surface area contributed by atoms with Crippen molar-refractivity contribution >= 4 is 68.7 Å². The van der Waals surface area contributed by atoms with Crippen LogP contribution in [0.5, 0.6) is 0 Å². The third kappa shape index (κ3) is 10.2. The largest absolute Gasteiger partial charge is 0.322 e. The monoisotopic (exact) mass is 762 g/mol. The first-order chi connectivity index (χ1) is 23.0. The molecule has 0 atom stereocenters. The summed E-state index contributed by atoms with van der Waals surface area (Å²) in [6.45, 7) is 3.78. The number of rotatable bonds is 12. The van der Waals surface area contributed by atoms with Crippen LogP contribution < -0.4 is 10.6 Å². The number of anilines is 2. The second kappa shape index (κ2) is 14.3. The molecule has 0 unspecified atom stereocenters. The molecule has 0 bridgehead atoms. The summed E-state index contributed by atoms with van der Waals surface area (Å²) in [6, 6.07) is 17.9. The highest BCUT2D eigenvalue weighted by Gasteiger charge is 2.25. The van der Waals surface area contributed by atoms with Gasteiger partial charge in [-0.3, -0.25) is 18.7 Å². The molecule has 0 spiro atoms. The van der Waals surface area contributed by atoms with Gasteiger partial charge < -0.3 is 10.6 Å². The third-order valence-electron chi connectivity index (χ3n) is 6.97. The van der Waals surface area contributed by atoms with Crippen molar-refractivity contribution in [2.75, 3.05) is 23.1 Å². The molecule has 0 saturated carbocycles. The van der Waals surface area contributed by atoms with Crippen LogP contribution in [-0.4, -0.2) is 67.1 Å². The van der Waals surface area contributed by atoms with E-state index in [1.165, 1.54) is 60.7 Å². The lowest BCUT2D eigenvalue weighted by atomic mass is 9.98. The standard InChI is InChI=1S/C32H30N2O12S4/c1-20(27-14-12-25(16-29(27)49(41,42)43)33-31(35)23-8-4-21(5-9-23)18-47(2,37)38)28-15-13-26(17-30(28)50(44,45)46)34-32(36)24-10-6-22(7-11-24)19-48(3,39)40/h4-17H,1,18-19H2,2-3H3,(H,33,35)(H,34,36)(H,41,42,43)(H,44,45,46). The normalized spacial score (nSPS) is 12.2. The molecule has 0 heterocycles. The van der Waals surface area contributed by atoms with Crippen molar-refractivity contribution in [2.45, 2.75) is 21.3 Å². The molecule has 18 heteroatoms. The molecule has 4 rings (SSSR count). The molecule has 0 saturated heterocycles. The molecule has 50 heavy (non-hydrogen) atoms. The van der Waals surface area contributed by atoms with Gasteiger partial charge in [0, 0.05) is 46.1 Å². The molecule has 4 aromatic carbocycles. The van der Waals surface area contributed by atoms with Gasteiger partial charge in [-0.1, -0.05) is 43.0 Å². The number of hydrogen-bond acceptors (Lipinski definition) is 10. The van der Waals surface area contributed by atoms with Crippen LogP contribution >= 0.6 is 0 Å². The SMILES string of the molecule is C=C(c1ccc(NC(=O)c2ccc(CS(C)(=O)=O)cc2)cc1S(=O)(=O)O)c1ccc(NC(=O)c2ccc(CS(C)(=O)=O)cc2)cc1S(=O)(=O)O. The Bertz CT molecular complexity index is 2290. The molecular weight excluding hydrogens is 733 g/mol. The van der Waals surface area contributed by atoms with Crippen LogP contribution in [0, 0.1) is 0 Å². The molecule has 14 nitrogen and oxygen atoms in total. The van der Waals surface area contributed by atoms with E-state index in [1.807, 2.05) is 0 Å². The van der Waals surface area contributed by atoms with Gasteiger partial charge in [-0.25, -0.2) is 16.8 Å². The van der Waals surface area contributed by atoms with E-state index in [1.54, 1.807) is 0 Å². The second-order valence-electron chi connectivity index (χ2n) is 11.3. The Morgan fingerprint density at radius 1 is 0.560 bits per heavy atom. The summed E-state index contributed by atoms with van der Waals surface area (Å²) in [5.41, 5.74) is 0.0868. The van der Waals surface area contributed by atoms with Crippen LogP contribution in [-0.2, 0) is 51.4 Å². The summed E-state index contributed by atoms with van der Waals surface area (Å²) in [7, 11) is -16.7. The maximum absolute atomic E-state index is 12.8. The van der Waals surface area contributed by atoms with Gasteiger partial charge in [0.2, 0.25) is 0 Å². The van der Waals surface area contributed by atoms with Crippen LogP contribution in [0.25, 0.3) is 5.57 Å². The molecular formula is C32H30N2O12S4. The smallest absolute Gasteiger partial charge is 0.295 e. The lowest BCUT2D eigenvalue weighted by Crippen LogP contribution is -2.14. The third-order valence-corrected chi connectivity index (χ3v) is 10.5. The summed E-state index contributed by atoms with van der Waals surface area (Å²) in [6.07, 6.45) is 2.13. The predicted molar refractivity (Wildman–Crippen MR) is 187 cm³/mol.